The fourth-order valence-corrected chi connectivity index (χ4v) is 16.6. The average Bonchev–Trinajstić information content (AvgIpc) is 1.60. The molecule has 0 saturated carbocycles. The highest BCUT2D eigenvalue weighted by atomic mass is 35.9. The van der Waals surface area contributed by atoms with E-state index in [4.69, 9.17) is 99.9 Å². The van der Waals surface area contributed by atoms with Crippen molar-refractivity contribution in [1.29, 1.82) is 0 Å². The maximum atomic E-state index is 13.7. The molecular formula is C64H89Cl6N8O22P3S2. The Morgan fingerprint density at radius 1 is 0.648 bits per heavy atom. The molecule has 3 aromatic carbocycles. The lowest BCUT2D eigenvalue weighted by atomic mass is 9.94. The minimum Gasteiger partial charge on any atom is -0.463 e. The van der Waals surface area contributed by atoms with Crippen molar-refractivity contribution in [1.82, 2.24) is 33.7 Å². The first-order valence-corrected chi connectivity index (χ1v) is 42.7. The second kappa shape index (κ2) is 45.1. The van der Waals surface area contributed by atoms with Crippen LogP contribution in [0.25, 0.3) is 0 Å². The van der Waals surface area contributed by atoms with Gasteiger partial charge in [-0.05, 0) is 127 Å². The van der Waals surface area contributed by atoms with Gasteiger partial charge in [-0.25, -0.2) is 23.7 Å². The molecule has 6 aromatic rings. The number of carbonyl (C=O) groups is 3. The van der Waals surface area contributed by atoms with Gasteiger partial charge in [0.15, 0.2) is 12.5 Å². The summed E-state index contributed by atoms with van der Waals surface area (Å²) >= 11 is 28.7. The van der Waals surface area contributed by atoms with E-state index < -0.39 is 119 Å². The van der Waals surface area contributed by atoms with Gasteiger partial charge in [-0.15, -0.1) is 59.1 Å². The van der Waals surface area contributed by atoms with Crippen molar-refractivity contribution in [2.24, 2.45) is 18.7 Å². The van der Waals surface area contributed by atoms with E-state index in [1.165, 1.54) is 64.1 Å². The second-order valence-electron chi connectivity index (χ2n) is 23.8. The molecular weight excluding hydrogens is 1600 g/mol. The van der Waals surface area contributed by atoms with Crippen molar-refractivity contribution in [3.63, 3.8) is 0 Å². The summed E-state index contributed by atoms with van der Waals surface area (Å²) in [6.07, 6.45) is -0.00798. The highest BCUT2D eigenvalue weighted by Crippen LogP contribution is 2.59. The molecule has 7 heterocycles. The van der Waals surface area contributed by atoms with Gasteiger partial charge in [0.05, 0.1) is 64.8 Å². The van der Waals surface area contributed by atoms with Crippen molar-refractivity contribution >= 4 is 131 Å². The van der Waals surface area contributed by atoms with Gasteiger partial charge in [0.2, 0.25) is 0 Å². The zero-order valence-corrected chi connectivity index (χ0v) is 67.6. The minimum absolute atomic E-state index is 0. The number of rotatable bonds is 22. The van der Waals surface area contributed by atoms with Crippen LogP contribution in [0.1, 0.15) is 87.6 Å². The van der Waals surface area contributed by atoms with E-state index in [9.17, 15) is 62.6 Å². The first-order valence-electron chi connectivity index (χ1n) is 32.0. The topological polar surface area (TPSA) is 412 Å². The Labute approximate surface area is 645 Å². The molecule has 586 valence electrons. The van der Waals surface area contributed by atoms with Crippen LogP contribution in [0.5, 0.6) is 17.2 Å². The minimum atomic E-state index is -4.18. The Morgan fingerprint density at radius 2 is 1.05 bits per heavy atom. The zero-order valence-electron chi connectivity index (χ0n) is 58.7. The number of thioether (sulfide) groups is 2. The zero-order chi connectivity index (χ0) is 77.8. The summed E-state index contributed by atoms with van der Waals surface area (Å²) in [6, 6.07) is 26.3. The van der Waals surface area contributed by atoms with Gasteiger partial charge in [-0.3, -0.25) is 52.2 Å². The predicted molar refractivity (Wildman–Crippen MR) is 408 cm³/mol. The molecule has 4 aliphatic rings. The molecule has 10 rings (SSSR count). The molecule has 30 nitrogen and oxygen atoms in total. The normalized spacial score (nSPS) is 22.3. The number of ether oxygens (including phenoxy) is 5. The summed E-state index contributed by atoms with van der Waals surface area (Å²) in [7, 11) is -2.24. The van der Waals surface area contributed by atoms with Crippen molar-refractivity contribution in [3.05, 3.63) is 176 Å². The molecule has 0 radical (unpaired) electrons. The van der Waals surface area contributed by atoms with E-state index >= 15 is 0 Å². The molecule has 2 spiro atoms. The number of nitrogens with one attached hydrogen (secondary N) is 3. The Kier molecular flexibility index (Phi) is 40.4. The average molecular weight is 1690 g/mol. The standard InChI is InChI=1S/C23H30N3O9PS.C13H18ClO4P.C11H14N2O5S.C6H5Cl2O2P.C6H13NO2.C4H6N2.CH2Cl2.ClH/c1-14(2)33-20(29)15(3)25-36(31,35-16-7-5-4-6-8-16)32-13-17-19(28)23(10-12-37-23)21(34-17)26-11-9-18(27)24-22(26)30;1-10(2)17-13(15)11(3)9-19(14,16)18-12-7-5-4-6-8-12;14-5-6-8(16)11(2-4-19-11)9(18-6)13-3-1-7(15)12-10(13)17;7-11(8,9)10-6-4-2-1-3-5-6;1-4(2)9-6(8)5(3)7;1-6-3-2-5-4-6;2-1-3;/h4-9,11,14-15,17,19,21,28H,10,12-13H2,1-3H3,(H,25,31)(H,24,27,30);4-8,10-11H,9H2,1-3H3;1,3,6,8-9,14,16H,2,4-5H2,(H,12,15,17);1-5H;4-5H,7H2,1-3H3;2-4H,1H3;1H2;1H/t15-,17+,19+,21+,23+,36?;11-,19?;6-,8-,9-,11-;;5-;;;/m011.0.../s1. The Morgan fingerprint density at radius 3 is 1.39 bits per heavy atom. The molecule has 41 heteroatoms. The van der Waals surface area contributed by atoms with Gasteiger partial charge in [0.25, 0.3) is 11.1 Å². The van der Waals surface area contributed by atoms with Crippen LogP contribution in [0.15, 0.2) is 153 Å². The van der Waals surface area contributed by atoms with Crippen LogP contribution in [0.3, 0.4) is 0 Å². The number of hydrogen-bond donors (Lipinski definition) is 7. The number of nitrogens with zero attached hydrogens (tertiary/aromatic N) is 4. The molecule has 4 saturated heterocycles. The van der Waals surface area contributed by atoms with Crippen LogP contribution >= 0.6 is 113 Å². The lowest BCUT2D eigenvalue weighted by Gasteiger charge is -2.43. The Bertz CT molecular complexity index is 4000. The molecule has 2 unspecified atom stereocenters. The van der Waals surface area contributed by atoms with Gasteiger partial charge < -0.3 is 62.9 Å². The Balaban J connectivity index is 0.000000357. The number of H-pyrrole nitrogens is 2. The van der Waals surface area contributed by atoms with Crippen LogP contribution in [-0.4, -0.2) is 162 Å². The van der Waals surface area contributed by atoms with E-state index in [1.807, 2.05) is 23.9 Å². The molecule has 0 bridgehead atoms. The highest BCUT2D eigenvalue weighted by Gasteiger charge is 2.62. The molecule has 8 N–H and O–H groups in total. The van der Waals surface area contributed by atoms with Crippen LogP contribution in [0, 0.1) is 5.92 Å². The number of alkyl halides is 2. The van der Waals surface area contributed by atoms with Gasteiger partial charge in [0.1, 0.15) is 53.7 Å². The maximum absolute atomic E-state index is 13.7. The number of aliphatic hydroxyl groups excluding tert-OH is 3. The number of aliphatic hydroxyl groups is 3. The van der Waals surface area contributed by atoms with Crippen LogP contribution in [0.2, 0.25) is 0 Å². The van der Waals surface area contributed by atoms with Crippen LogP contribution in [-0.2, 0) is 63.3 Å². The molecule has 4 fully saturated rings. The van der Waals surface area contributed by atoms with Crippen LogP contribution < -0.4 is 46.9 Å². The van der Waals surface area contributed by atoms with Crippen molar-refractivity contribution in [3.8, 4) is 17.2 Å². The maximum Gasteiger partial charge on any atom is 0.459 e. The first kappa shape index (κ1) is 94.1. The quantitative estimate of drug-likeness (QED) is 0.0144. The van der Waals surface area contributed by atoms with E-state index in [0.29, 0.717) is 24.3 Å². The molecule has 13 atom stereocenters. The molecule has 3 aromatic heterocycles. The highest BCUT2D eigenvalue weighted by molar-refractivity contribution is 8.05. The lowest BCUT2D eigenvalue weighted by molar-refractivity contribution is -0.151. The van der Waals surface area contributed by atoms with Crippen molar-refractivity contribution in [2.45, 2.75) is 152 Å². The number of aryl methyl sites for hydroxylation is 1. The van der Waals surface area contributed by atoms with E-state index in [2.05, 4.69) is 24.6 Å². The van der Waals surface area contributed by atoms with E-state index in [0.717, 1.165) is 11.5 Å². The van der Waals surface area contributed by atoms with Gasteiger partial charge in [-0.1, -0.05) is 61.5 Å². The summed E-state index contributed by atoms with van der Waals surface area (Å²) in [5.41, 5.74) is 2.94. The fourth-order valence-electron chi connectivity index (χ4n) is 9.46. The molecule has 0 amide bonds. The van der Waals surface area contributed by atoms with E-state index in [-0.39, 0.29) is 67.2 Å². The third kappa shape index (κ3) is 31.0. The predicted octanol–water partition coefficient (Wildman–Crippen LogP) is 10.8. The smallest absolute Gasteiger partial charge is 0.459 e. The summed E-state index contributed by atoms with van der Waals surface area (Å²) in [5.74, 6) is 0.690. The molecule has 0 aliphatic carbocycles. The monoisotopic (exact) mass is 1690 g/mol. The number of para-hydroxylation sites is 3. The number of aromatic amines is 2. The summed E-state index contributed by atoms with van der Waals surface area (Å²) in [6.45, 7) is 11.1. The van der Waals surface area contributed by atoms with Gasteiger partial charge in [0, 0.05) is 66.4 Å². The van der Waals surface area contributed by atoms with Crippen molar-refractivity contribution in [2.75, 3.05) is 36.2 Å². The summed E-state index contributed by atoms with van der Waals surface area (Å²) < 4.78 is 87.3. The number of benzene rings is 3. The lowest BCUT2D eigenvalue weighted by Crippen LogP contribution is -2.52. The second-order valence-corrected chi connectivity index (χ2v) is 36.7. The van der Waals surface area contributed by atoms with Gasteiger partial charge in [-0.2, -0.15) is 5.09 Å². The number of nitrogens with two attached hydrogens (primary N) is 1. The molecule has 105 heavy (non-hydrogen) atoms. The van der Waals surface area contributed by atoms with Gasteiger partial charge >= 0.3 is 49.8 Å². The SMILES string of the molecule is CC(C)OC(=O)[C@H](C)CP(=O)(Cl)Oc1ccccc1.CC(C)OC(=O)[C@H](C)N.CC(C)OC(=O)[C@H](C)NP(=O)(OC[C@H]1O[C@@H](n2ccc(=O)[nH]c2=O)[C@@]2(CCS2)[C@@H]1O)Oc1ccccc1.Cl.ClCCl.Cn1ccnc1.O=P(Cl)(Cl)Oc1ccccc1.O=c1ccn([C@@H]2O[C@H](CO)[C@@H](O)[C@]23CCS3)c(=O)[nH]1. The number of hydrogen-bond acceptors (Lipinski definition) is 26. The third-order valence-corrected chi connectivity index (χ3v) is 22.0. The summed E-state index contributed by atoms with van der Waals surface area (Å²) in [5, 5.41) is 33.4. The Hall–Kier alpha value is -5.15. The van der Waals surface area contributed by atoms with Crippen LogP contribution in [0.4, 0.5) is 0 Å². The number of halogens is 6. The number of esters is 3. The number of carbonyl (C=O) groups excluding carboxylic acids is 3. The van der Waals surface area contributed by atoms with E-state index in [1.54, 1.807) is 153 Å². The molecule has 4 aliphatic heterocycles. The number of aromatic nitrogens is 6. The van der Waals surface area contributed by atoms with Crippen molar-refractivity contribution < 1.29 is 85.2 Å². The largest absolute Gasteiger partial charge is 0.463 e. The third-order valence-electron chi connectivity index (χ3n) is 14.2. The first-order chi connectivity index (χ1) is 48.8. The fraction of sp³-hybridized carbons (Fsp3) is 0.500. The summed E-state index contributed by atoms with van der Waals surface area (Å²) in [4.78, 5) is 89.6. The number of imidazole rings is 1.